The minimum Gasteiger partial charge on any atom is -0.497 e. The summed E-state index contributed by atoms with van der Waals surface area (Å²) < 4.78 is 5.19. The van der Waals surface area contributed by atoms with Gasteiger partial charge in [-0.1, -0.05) is 12.1 Å². The molecule has 0 unspecified atom stereocenters. The molecule has 1 heterocycles. The highest BCUT2D eigenvalue weighted by Crippen LogP contribution is 2.29. The van der Waals surface area contributed by atoms with Crippen molar-refractivity contribution in [3.05, 3.63) is 64.7 Å². The lowest BCUT2D eigenvalue weighted by Crippen LogP contribution is -2.30. The third-order valence-corrected chi connectivity index (χ3v) is 4.03. The summed E-state index contributed by atoms with van der Waals surface area (Å²) in [5.74, 6) is 1.05. The molecule has 0 saturated carbocycles. The average Bonchev–Trinajstić information content (AvgIpc) is 2.74. The van der Waals surface area contributed by atoms with Gasteiger partial charge in [0, 0.05) is 29.8 Å². The third kappa shape index (κ3) is 5.42. The SMILES string of the molecule is CCNC(N)=Nc1nc(-c2ccc(OC)cc2)cc(-c2cccc([N+](=O)[O-])c2)n1.Cl. The molecule has 30 heavy (non-hydrogen) atoms. The quantitative estimate of drug-likeness (QED) is 0.265. The fourth-order valence-corrected chi connectivity index (χ4v) is 2.65. The molecule has 0 aliphatic heterocycles. The van der Waals surface area contributed by atoms with Crippen LogP contribution in [0.25, 0.3) is 22.5 Å². The number of benzene rings is 2. The Balaban J connectivity index is 0.00000320. The number of nitro benzene ring substituents is 1. The second kappa shape index (κ2) is 10.2. The molecule has 156 valence electrons. The summed E-state index contributed by atoms with van der Waals surface area (Å²) in [5, 5.41) is 14.0. The number of nitrogens with one attached hydrogen (secondary N) is 1. The van der Waals surface area contributed by atoms with Gasteiger partial charge in [0.15, 0.2) is 5.96 Å². The molecule has 10 heteroatoms. The van der Waals surface area contributed by atoms with Crippen molar-refractivity contribution in [2.45, 2.75) is 6.92 Å². The Labute approximate surface area is 179 Å². The highest BCUT2D eigenvalue weighted by atomic mass is 35.5. The molecule has 3 N–H and O–H groups in total. The molecule has 0 fully saturated rings. The number of halogens is 1. The highest BCUT2D eigenvalue weighted by Gasteiger charge is 2.12. The standard InChI is InChI=1S/C20H20N6O3.ClH/c1-3-22-19(21)25-20-23-17(13-7-9-16(29-2)10-8-13)12-18(24-20)14-5-4-6-15(11-14)26(27)28;/h4-12H,3H2,1-2H3,(H3,21,22,23,24,25);1H. The Morgan fingerprint density at radius 2 is 1.80 bits per heavy atom. The molecular formula is C20H21ClN6O3. The number of aliphatic imine (C=N–C) groups is 1. The average molecular weight is 429 g/mol. The van der Waals surface area contributed by atoms with Gasteiger partial charge in [0.05, 0.1) is 23.4 Å². The molecule has 0 aliphatic carbocycles. The van der Waals surface area contributed by atoms with E-state index in [1.807, 2.05) is 31.2 Å². The lowest BCUT2D eigenvalue weighted by Gasteiger charge is -2.08. The molecule has 0 saturated heterocycles. The Hall–Kier alpha value is -3.72. The van der Waals surface area contributed by atoms with E-state index < -0.39 is 4.92 Å². The van der Waals surface area contributed by atoms with Crippen molar-refractivity contribution in [2.24, 2.45) is 10.7 Å². The summed E-state index contributed by atoms with van der Waals surface area (Å²) in [6, 6.07) is 15.4. The molecule has 0 bridgehead atoms. The maximum atomic E-state index is 11.1. The van der Waals surface area contributed by atoms with E-state index in [0.717, 1.165) is 11.3 Å². The summed E-state index contributed by atoms with van der Waals surface area (Å²) in [6.45, 7) is 2.50. The van der Waals surface area contributed by atoms with Crippen LogP contribution in [0.2, 0.25) is 0 Å². The second-order valence-corrected chi connectivity index (χ2v) is 6.00. The number of aromatic nitrogens is 2. The van der Waals surface area contributed by atoms with Gasteiger partial charge in [-0.05, 0) is 37.3 Å². The summed E-state index contributed by atoms with van der Waals surface area (Å²) in [7, 11) is 1.59. The first-order valence-corrected chi connectivity index (χ1v) is 8.86. The van der Waals surface area contributed by atoms with E-state index in [1.165, 1.54) is 12.1 Å². The Bertz CT molecular complexity index is 1060. The van der Waals surface area contributed by atoms with Gasteiger partial charge < -0.3 is 15.8 Å². The molecule has 3 aromatic rings. The fraction of sp³-hybridized carbons (Fsp3) is 0.150. The summed E-state index contributed by atoms with van der Waals surface area (Å²) in [6.07, 6.45) is 0. The van der Waals surface area contributed by atoms with E-state index in [0.29, 0.717) is 23.5 Å². The number of nitro groups is 1. The first-order chi connectivity index (χ1) is 14.0. The number of hydrogen-bond donors (Lipinski definition) is 2. The van der Waals surface area contributed by atoms with Crippen LogP contribution < -0.4 is 15.8 Å². The van der Waals surface area contributed by atoms with E-state index in [1.54, 1.807) is 25.3 Å². The highest BCUT2D eigenvalue weighted by molar-refractivity contribution is 5.85. The zero-order chi connectivity index (χ0) is 20.8. The van der Waals surface area contributed by atoms with Crippen molar-refractivity contribution in [2.75, 3.05) is 13.7 Å². The first-order valence-electron chi connectivity index (χ1n) is 8.86. The van der Waals surface area contributed by atoms with Gasteiger partial charge in [-0.25, -0.2) is 9.97 Å². The van der Waals surface area contributed by atoms with E-state index >= 15 is 0 Å². The summed E-state index contributed by atoms with van der Waals surface area (Å²) in [4.78, 5) is 23.8. The molecule has 0 radical (unpaired) electrons. The molecule has 0 spiro atoms. The van der Waals surface area contributed by atoms with Crippen molar-refractivity contribution in [3.63, 3.8) is 0 Å². The number of nitrogens with two attached hydrogens (primary N) is 1. The predicted octanol–water partition coefficient (Wildman–Crippen LogP) is 3.70. The molecule has 9 nitrogen and oxygen atoms in total. The monoisotopic (exact) mass is 428 g/mol. The van der Waals surface area contributed by atoms with Crippen molar-refractivity contribution in [3.8, 4) is 28.3 Å². The molecule has 1 aromatic heterocycles. The molecule has 0 aliphatic rings. The Kier molecular flexibility index (Phi) is 7.65. The number of nitrogens with zero attached hydrogens (tertiary/aromatic N) is 4. The van der Waals surface area contributed by atoms with E-state index in [-0.39, 0.29) is 30.0 Å². The minimum atomic E-state index is -0.447. The molecule has 0 atom stereocenters. The van der Waals surface area contributed by atoms with Crippen LogP contribution in [0.5, 0.6) is 5.75 Å². The van der Waals surface area contributed by atoms with Gasteiger partial charge in [0.1, 0.15) is 5.75 Å². The third-order valence-electron chi connectivity index (χ3n) is 4.03. The van der Waals surface area contributed by atoms with Crippen LogP contribution in [-0.2, 0) is 0 Å². The van der Waals surface area contributed by atoms with Gasteiger partial charge in [0.2, 0.25) is 0 Å². The normalized spacial score (nSPS) is 10.8. The lowest BCUT2D eigenvalue weighted by molar-refractivity contribution is -0.384. The zero-order valence-corrected chi connectivity index (χ0v) is 17.2. The maximum Gasteiger partial charge on any atom is 0.270 e. The number of hydrogen-bond acceptors (Lipinski definition) is 6. The van der Waals surface area contributed by atoms with Gasteiger partial charge >= 0.3 is 0 Å². The van der Waals surface area contributed by atoms with Crippen molar-refractivity contribution >= 4 is 30.0 Å². The van der Waals surface area contributed by atoms with Gasteiger partial charge in [-0.3, -0.25) is 10.1 Å². The van der Waals surface area contributed by atoms with Crippen molar-refractivity contribution in [1.82, 2.24) is 15.3 Å². The van der Waals surface area contributed by atoms with E-state index in [9.17, 15) is 10.1 Å². The number of ether oxygens (including phenoxy) is 1. The van der Waals surface area contributed by atoms with Crippen LogP contribution in [0.15, 0.2) is 59.6 Å². The predicted molar refractivity (Wildman–Crippen MR) is 118 cm³/mol. The van der Waals surface area contributed by atoms with Crippen LogP contribution in [0.1, 0.15) is 6.92 Å². The molecule has 2 aromatic carbocycles. The van der Waals surface area contributed by atoms with Crippen molar-refractivity contribution < 1.29 is 9.66 Å². The molecule has 3 rings (SSSR count). The Morgan fingerprint density at radius 3 is 2.40 bits per heavy atom. The molecule has 0 amide bonds. The van der Waals surface area contributed by atoms with Gasteiger partial charge in [-0.15, -0.1) is 12.4 Å². The largest absolute Gasteiger partial charge is 0.497 e. The van der Waals surface area contributed by atoms with E-state index in [2.05, 4.69) is 20.3 Å². The second-order valence-electron chi connectivity index (χ2n) is 6.00. The first kappa shape index (κ1) is 22.6. The number of rotatable bonds is 6. The minimum absolute atomic E-state index is 0. The van der Waals surface area contributed by atoms with Gasteiger partial charge in [0.25, 0.3) is 11.6 Å². The Morgan fingerprint density at radius 1 is 1.13 bits per heavy atom. The zero-order valence-electron chi connectivity index (χ0n) is 16.4. The van der Waals surface area contributed by atoms with Crippen molar-refractivity contribution in [1.29, 1.82) is 0 Å². The van der Waals surface area contributed by atoms with Crippen LogP contribution in [-0.4, -0.2) is 34.5 Å². The topological polar surface area (TPSA) is 129 Å². The maximum absolute atomic E-state index is 11.1. The van der Waals surface area contributed by atoms with Gasteiger partial charge in [-0.2, -0.15) is 4.99 Å². The van der Waals surface area contributed by atoms with Crippen LogP contribution in [0, 0.1) is 10.1 Å². The lowest BCUT2D eigenvalue weighted by atomic mass is 10.1. The smallest absolute Gasteiger partial charge is 0.270 e. The number of guanidine groups is 1. The van der Waals surface area contributed by atoms with Crippen LogP contribution >= 0.6 is 12.4 Å². The summed E-state index contributed by atoms with van der Waals surface area (Å²) in [5.41, 5.74) is 8.32. The summed E-state index contributed by atoms with van der Waals surface area (Å²) >= 11 is 0. The fourth-order valence-electron chi connectivity index (χ4n) is 2.65. The molecular weight excluding hydrogens is 408 g/mol. The van der Waals surface area contributed by atoms with E-state index in [4.69, 9.17) is 10.5 Å². The van der Waals surface area contributed by atoms with Crippen LogP contribution in [0.4, 0.5) is 11.6 Å². The number of non-ortho nitro benzene ring substituents is 1. The van der Waals surface area contributed by atoms with Crippen LogP contribution in [0.3, 0.4) is 0 Å². The number of methoxy groups -OCH3 is 1.